The molecule has 0 aromatic rings. The normalized spacial score (nSPS) is 28.2. The fourth-order valence-electron chi connectivity index (χ4n) is 3.56. The van der Waals surface area contributed by atoms with Crippen LogP contribution in [0.15, 0.2) is 47.6 Å². The fraction of sp³-hybridized carbons (Fsp3) is 0.524. The molecule has 2 aliphatic rings. The van der Waals surface area contributed by atoms with E-state index >= 15 is 0 Å². The van der Waals surface area contributed by atoms with Crippen LogP contribution in [0, 0.1) is 17.3 Å². The lowest BCUT2D eigenvalue weighted by Crippen LogP contribution is -2.20. The molecule has 2 aliphatic carbocycles. The van der Waals surface area contributed by atoms with E-state index in [-0.39, 0.29) is 35.4 Å². The Bertz CT molecular complexity index is 642. The first kappa shape index (κ1) is 18.4. The van der Waals surface area contributed by atoms with Gasteiger partial charge in [0, 0.05) is 5.57 Å². The van der Waals surface area contributed by atoms with Gasteiger partial charge >= 0.3 is 5.97 Å². The van der Waals surface area contributed by atoms with Crippen molar-refractivity contribution >= 4 is 11.8 Å². The molecule has 0 aromatic carbocycles. The van der Waals surface area contributed by atoms with E-state index in [1.165, 1.54) is 5.57 Å². The van der Waals surface area contributed by atoms with E-state index < -0.39 is 6.10 Å². The molecule has 0 amide bonds. The number of rotatable bonds is 6. The molecule has 3 heteroatoms. The molecule has 130 valence electrons. The lowest BCUT2D eigenvalue weighted by Gasteiger charge is -2.13. The molecule has 3 atom stereocenters. The summed E-state index contributed by atoms with van der Waals surface area (Å²) in [7, 11) is 0. The van der Waals surface area contributed by atoms with Crippen molar-refractivity contribution in [2.45, 2.75) is 53.6 Å². The summed E-state index contributed by atoms with van der Waals surface area (Å²) in [5.41, 5.74) is 2.80. The zero-order chi connectivity index (χ0) is 18.1. The van der Waals surface area contributed by atoms with Gasteiger partial charge in [0.05, 0.1) is 12.3 Å². The Hall–Kier alpha value is -1.90. The molecule has 0 radical (unpaired) electrons. The largest absolute Gasteiger partial charge is 0.457 e. The Morgan fingerprint density at radius 3 is 2.62 bits per heavy atom. The molecule has 0 saturated heterocycles. The van der Waals surface area contributed by atoms with Gasteiger partial charge in [0.1, 0.15) is 6.10 Å². The maximum atomic E-state index is 12.6. The van der Waals surface area contributed by atoms with Gasteiger partial charge in [-0.2, -0.15) is 0 Å². The van der Waals surface area contributed by atoms with Gasteiger partial charge in [-0.15, -0.1) is 0 Å². The van der Waals surface area contributed by atoms with Crippen molar-refractivity contribution in [2.75, 3.05) is 0 Å². The maximum absolute atomic E-state index is 12.6. The highest BCUT2D eigenvalue weighted by Crippen LogP contribution is 2.60. The number of ether oxygens (including phenoxy) is 1. The smallest absolute Gasteiger partial charge is 0.310 e. The lowest BCUT2D eigenvalue weighted by molar-refractivity contribution is -0.150. The van der Waals surface area contributed by atoms with Crippen LogP contribution in [0.3, 0.4) is 0 Å². The Kier molecular flexibility index (Phi) is 5.32. The number of Topliss-reactive ketones (excluding diaryl/α,β-unsaturated/α-hetero) is 1. The summed E-state index contributed by atoms with van der Waals surface area (Å²) in [5, 5.41) is 0. The fourth-order valence-corrected chi connectivity index (χ4v) is 3.56. The van der Waals surface area contributed by atoms with Gasteiger partial charge in [-0.3, -0.25) is 9.59 Å². The predicted octanol–water partition coefficient (Wildman–Crippen LogP) is 4.56. The number of allylic oxidation sites excluding steroid dienone is 6. The molecule has 0 aliphatic heterocycles. The molecule has 2 rings (SSSR count). The van der Waals surface area contributed by atoms with Gasteiger partial charge in [-0.05, 0) is 44.1 Å². The van der Waals surface area contributed by atoms with Crippen LogP contribution in [-0.2, 0) is 14.3 Å². The first-order valence-electron chi connectivity index (χ1n) is 8.56. The highest BCUT2D eigenvalue weighted by molar-refractivity contribution is 6.00. The molecule has 1 fully saturated rings. The molecule has 0 N–H and O–H groups in total. The summed E-state index contributed by atoms with van der Waals surface area (Å²) in [4.78, 5) is 24.8. The molecular weight excluding hydrogens is 300 g/mol. The Balaban J connectivity index is 2.05. The van der Waals surface area contributed by atoms with E-state index in [2.05, 4.69) is 26.5 Å². The zero-order valence-corrected chi connectivity index (χ0v) is 15.4. The molecule has 0 heterocycles. The van der Waals surface area contributed by atoms with Crippen molar-refractivity contribution in [1.29, 1.82) is 0 Å². The molecule has 0 unspecified atom stereocenters. The minimum Gasteiger partial charge on any atom is -0.457 e. The number of carbonyl (C=O) groups is 2. The summed E-state index contributed by atoms with van der Waals surface area (Å²) in [6.07, 6.45) is 8.01. The molecule has 3 nitrogen and oxygen atoms in total. The van der Waals surface area contributed by atoms with Gasteiger partial charge in [-0.1, -0.05) is 50.3 Å². The van der Waals surface area contributed by atoms with Crippen LogP contribution < -0.4 is 0 Å². The third-order valence-electron chi connectivity index (χ3n) is 5.20. The summed E-state index contributed by atoms with van der Waals surface area (Å²) in [6, 6.07) is 0. The van der Waals surface area contributed by atoms with Crippen molar-refractivity contribution in [1.82, 2.24) is 0 Å². The van der Waals surface area contributed by atoms with Gasteiger partial charge < -0.3 is 4.74 Å². The second-order valence-corrected chi connectivity index (χ2v) is 7.65. The molecular formula is C21H28O3. The molecule has 24 heavy (non-hydrogen) atoms. The Morgan fingerprint density at radius 1 is 1.38 bits per heavy atom. The summed E-state index contributed by atoms with van der Waals surface area (Å²) in [6.45, 7) is 13.8. The highest BCUT2D eigenvalue weighted by atomic mass is 16.5. The zero-order valence-electron chi connectivity index (χ0n) is 15.4. The first-order chi connectivity index (χ1) is 11.2. The third kappa shape index (κ3) is 3.61. The summed E-state index contributed by atoms with van der Waals surface area (Å²) in [5.74, 6) is 0.0175. The molecule has 0 spiro atoms. The Labute approximate surface area is 145 Å². The average molecular weight is 328 g/mol. The monoisotopic (exact) mass is 328 g/mol. The maximum Gasteiger partial charge on any atom is 0.310 e. The topological polar surface area (TPSA) is 43.4 Å². The van der Waals surface area contributed by atoms with Gasteiger partial charge in [0.2, 0.25) is 0 Å². The van der Waals surface area contributed by atoms with E-state index in [0.717, 1.165) is 11.1 Å². The van der Waals surface area contributed by atoms with Crippen LogP contribution in [0.4, 0.5) is 0 Å². The van der Waals surface area contributed by atoms with Crippen molar-refractivity contribution < 1.29 is 14.3 Å². The van der Waals surface area contributed by atoms with Crippen LogP contribution in [0.2, 0.25) is 0 Å². The SMILES string of the molecule is C=C/C=C\CC1=C(C)[C@@H](OC(=O)[C@@H]2[C@H](C=C(C)C)C2(C)C)CC1=O. The third-order valence-corrected chi connectivity index (χ3v) is 5.20. The van der Waals surface area contributed by atoms with E-state index in [9.17, 15) is 9.59 Å². The lowest BCUT2D eigenvalue weighted by atomic mass is 10.1. The quantitative estimate of drug-likeness (QED) is 0.408. The molecule has 0 bridgehead atoms. The molecule has 0 aromatic heterocycles. The van der Waals surface area contributed by atoms with Gasteiger partial charge in [-0.25, -0.2) is 0 Å². The number of carbonyl (C=O) groups excluding carboxylic acids is 2. The van der Waals surface area contributed by atoms with Crippen LogP contribution in [0.5, 0.6) is 0 Å². The van der Waals surface area contributed by atoms with Crippen molar-refractivity contribution in [2.24, 2.45) is 17.3 Å². The summed E-state index contributed by atoms with van der Waals surface area (Å²) < 4.78 is 5.71. The van der Waals surface area contributed by atoms with E-state index in [4.69, 9.17) is 4.74 Å². The first-order valence-corrected chi connectivity index (χ1v) is 8.56. The second kappa shape index (κ2) is 6.92. The number of ketones is 1. The predicted molar refractivity (Wildman–Crippen MR) is 96.4 cm³/mol. The molecule has 1 saturated carbocycles. The van der Waals surface area contributed by atoms with E-state index in [1.54, 1.807) is 6.08 Å². The van der Waals surface area contributed by atoms with Gasteiger partial charge in [0.15, 0.2) is 5.78 Å². The van der Waals surface area contributed by atoms with Crippen LogP contribution in [0.1, 0.15) is 47.5 Å². The van der Waals surface area contributed by atoms with Crippen molar-refractivity contribution in [3.8, 4) is 0 Å². The standard InChI is InChI=1S/C21H28O3/c1-7-8-9-10-15-14(4)18(12-17(15)22)24-20(23)19-16(11-13(2)3)21(19,5)6/h7-9,11,16,18-19H,1,10,12H2,2-6H3/b9-8-/t16-,18-,19-/m0/s1. The second-order valence-electron chi connectivity index (χ2n) is 7.65. The number of hydrogen-bond donors (Lipinski definition) is 0. The Morgan fingerprint density at radius 2 is 2.04 bits per heavy atom. The van der Waals surface area contributed by atoms with Crippen LogP contribution in [0.25, 0.3) is 0 Å². The number of esters is 1. The van der Waals surface area contributed by atoms with Crippen molar-refractivity contribution in [3.05, 3.63) is 47.6 Å². The van der Waals surface area contributed by atoms with E-state index in [1.807, 2.05) is 32.9 Å². The van der Waals surface area contributed by atoms with Gasteiger partial charge in [0.25, 0.3) is 0 Å². The number of hydrogen-bond acceptors (Lipinski definition) is 3. The summed E-state index contributed by atoms with van der Waals surface area (Å²) >= 11 is 0. The van der Waals surface area contributed by atoms with Crippen molar-refractivity contribution in [3.63, 3.8) is 0 Å². The van der Waals surface area contributed by atoms with Crippen LogP contribution in [-0.4, -0.2) is 17.9 Å². The van der Waals surface area contributed by atoms with Crippen LogP contribution >= 0.6 is 0 Å². The minimum atomic E-state index is -0.402. The average Bonchev–Trinajstić information content (AvgIpc) is 2.90. The minimum absolute atomic E-state index is 0.0654. The highest BCUT2D eigenvalue weighted by Gasteiger charge is 2.61. The van der Waals surface area contributed by atoms with E-state index in [0.29, 0.717) is 6.42 Å².